The van der Waals surface area contributed by atoms with Crippen molar-refractivity contribution in [3.8, 4) is 0 Å². The lowest BCUT2D eigenvalue weighted by molar-refractivity contribution is -0.131. The van der Waals surface area contributed by atoms with Crippen molar-refractivity contribution in [2.75, 3.05) is 0 Å². The van der Waals surface area contributed by atoms with Crippen LogP contribution in [0.5, 0.6) is 0 Å². The van der Waals surface area contributed by atoms with Crippen molar-refractivity contribution in [3.05, 3.63) is 29.8 Å². The van der Waals surface area contributed by atoms with Crippen LogP contribution in [0.3, 0.4) is 0 Å². The maximum atomic E-state index is 10.3. The Labute approximate surface area is 79.1 Å². The number of para-hydroxylation sites is 1. The van der Waals surface area contributed by atoms with E-state index in [1.54, 1.807) is 18.2 Å². The number of fused-ring (bicyclic) bond motifs is 1. The molecule has 5 nitrogen and oxygen atoms in total. The summed E-state index contributed by atoms with van der Waals surface area (Å²) >= 11 is 0. The van der Waals surface area contributed by atoms with E-state index < -0.39 is 5.97 Å². The van der Waals surface area contributed by atoms with Gasteiger partial charge in [-0.2, -0.15) is 15.4 Å². The number of hydrogen-bond donors (Lipinski definition) is 2. The van der Waals surface area contributed by atoms with E-state index in [-0.39, 0.29) is 0 Å². The molecule has 1 aromatic carbocycles. The number of aliphatic carboxylic acids is 1. The highest BCUT2D eigenvalue weighted by Gasteiger charge is 2.01. The van der Waals surface area contributed by atoms with Crippen LogP contribution in [0, 0.1) is 0 Å². The number of carbonyl (C=O) groups is 1. The molecule has 0 bridgehead atoms. The van der Waals surface area contributed by atoms with E-state index in [1.165, 1.54) is 6.08 Å². The lowest BCUT2D eigenvalue weighted by Gasteiger charge is -1.91. The van der Waals surface area contributed by atoms with Crippen molar-refractivity contribution in [1.29, 1.82) is 0 Å². The average molecular weight is 189 g/mol. The van der Waals surface area contributed by atoms with E-state index in [2.05, 4.69) is 15.4 Å². The number of nitrogens with zero attached hydrogens (tertiary/aromatic N) is 2. The lowest BCUT2D eigenvalue weighted by atomic mass is 10.2. The van der Waals surface area contributed by atoms with Crippen LogP contribution in [0.25, 0.3) is 17.1 Å². The summed E-state index contributed by atoms with van der Waals surface area (Å²) in [5.74, 6) is -0.981. The molecule has 0 unspecified atom stereocenters. The molecular weight excluding hydrogens is 182 g/mol. The summed E-state index contributed by atoms with van der Waals surface area (Å²) in [6, 6.07) is 5.38. The summed E-state index contributed by atoms with van der Waals surface area (Å²) in [7, 11) is 0. The Bertz CT molecular complexity index is 501. The van der Waals surface area contributed by atoms with Gasteiger partial charge in [0.05, 0.1) is 0 Å². The smallest absolute Gasteiger partial charge is 0.328 e. The summed E-state index contributed by atoms with van der Waals surface area (Å²) < 4.78 is 0. The minimum Gasteiger partial charge on any atom is -0.478 e. The number of hydrogen-bond acceptors (Lipinski definition) is 3. The molecule has 1 aromatic heterocycles. The fraction of sp³-hybridized carbons (Fsp3) is 0. The number of carboxylic acid groups (broad SMARTS) is 1. The second kappa shape index (κ2) is 3.29. The van der Waals surface area contributed by atoms with E-state index in [0.717, 1.165) is 17.2 Å². The molecule has 70 valence electrons. The molecule has 0 aliphatic carbocycles. The van der Waals surface area contributed by atoms with Gasteiger partial charge in [0.1, 0.15) is 11.0 Å². The van der Waals surface area contributed by atoms with E-state index >= 15 is 0 Å². The third-order valence-electron chi connectivity index (χ3n) is 1.78. The maximum Gasteiger partial charge on any atom is 0.328 e. The fourth-order valence-electron chi connectivity index (χ4n) is 1.19. The van der Waals surface area contributed by atoms with Crippen LogP contribution in [-0.2, 0) is 4.79 Å². The molecule has 2 aromatic rings. The molecule has 0 atom stereocenters. The molecular formula is C9H7N3O2. The first-order valence-electron chi connectivity index (χ1n) is 3.98. The number of aromatic nitrogens is 3. The molecule has 2 rings (SSSR count). The van der Waals surface area contributed by atoms with Crippen molar-refractivity contribution in [1.82, 2.24) is 15.4 Å². The molecule has 0 amide bonds. The average Bonchev–Trinajstić information content (AvgIpc) is 2.62. The van der Waals surface area contributed by atoms with Crippen LogP contribution in [-0.4, -0.2) is 26.5 Å². The Morgan fingerprint density at radius 2 is 2.29 bits per heavy atom. The molecule has 0 aliphatic heterocycles. The van der Waals surface area contributed by atoms with Crippen molar-refractivity contribution >= 4 is 23.1 Å². The molecule has 2 N–H and O–H groups in total. The number of benzene rings is 1. The first-order chi connectivity index (χ1) is 6.77. The number of nitrogens with one attached hydrogen (secondary N) is 1. The van der Waals surface area contributed by atoms with Gasteiger partial charge < -0.3 is 5.11 Å². The Kier molecular flexibility index (Phi) is 1.98. The Morgan fingerprint density at radius 1 is 1.43 bits per heavy atom. The zero-order chi connectivity index (χ0) is 9.97. The fourth-order valence-corrected chi connectivity index (χ4v) is 1.19. The van der Waals surface area contributed by atoms with E-state index in [9.17, 15) is 4.79 Å². The second-order valence-corrected chi connectivity index (χ2v) is 2.71. The lowest BCUT2D eigenvalue weighted by Crippen LogP contribution is -1.86. The third-order valence-corrected chi connectivity index (χ3v) is 1.78. The third kappa shape index (κ3) is 1.47. The van der Waals surface area contributed by atoms with E-state index in [0.29, 0.717) is 5.52 Å². The van der Waals surface area contributed by atoms with Gasteiger partial charge >= 0.3 is 5.97 Å². The van der Waals surface area contributed by atoms with Crippen LogP contribution in [0.2, 0.25) is 0 Å². The van der Waals surface area contributed by atoms with Crippen LogP contribution >= 0.6 is 0 Å². The number of rotatable bonds is 2. The molecule has 14 heavy (non-hydrogen) atoms. The Morgan fingerprint density at radius 3 is 3.07 bits per heavy atom. The van der Waals surface area contributed by atoms with Gasteiger partial charge in [0, 0.05) is 11.6 Å². The van der Waals surface area contributed by atoms with Gasteiger partial charge in [-0.05, 0) is 12.1 Å². The van der Waals surface area contributed by atoms with Crippen molar-refractivity contribution in [2.24, 2.45) is 0 Å². The van der Waals surface area contributed by atoms with E-state index in [4.69, 9.17) is 5.11 Å². The molecule has 0 spiro atoms. The highest BCUT2D eigenvalue weighted by atomic mass is 16.4. The van der Waals surface area contributed by atoms with Gasteiger partial charge in [0.25, 0.3) is 0 Å². The molecule has 0 fully saturated rings. The van der Waals surface area contributed by atoms with Gasteiger partial charge in [-0.15, -0.1) is 0 Å². The highest BCUT2D eigenvalue weighted by Crippen LogP contribution is 2.14. The van der Waals surface area contributed by atoms with Crippen LogP contribution in [0.15, 0.2) is 24.3 Å². The van der Waals surface area contributed by atoms with Crippen molar-refractivity contribution < 1.29 is 9.90 Å². The minimum atomic E-state index is -0.981. The minimum absolute atomic E-state index is 0.671. The van der Waals surface area contributed by atoms with Gasteiger partial charge in [-0.1, -0.05) is 12.1 Å². The molecule has 5 heteroatoms. The standard InChI is InChI=1S/C9H7N3O2/c13-8(14)5-4-6-2-1-3-7-9(6)11-12-10-7/h1-5H,(H,13,14)(H,10,11,12). The monoisotopic (exact) mass is 189 g/mol. The predicted octanol–water partition coefficient (Wildman–Crippen LogP) is 1.06. The Balaban J connectivity index is 2.51. The number of H-pyrrole nitrogens is 1. The van der Waals surface area contributed by atoms with E-state index in [1.807, 2.05) is 0 Å². The zero-order valence-electron chi connectivity index (χ0n) is 7.14. The predicted molar refractivity (Wildman–Crippen MR) is 50.6 cm³/mol. The molecule has 0 saturated heterocycles. The maximum absolute atomic E-state index is 10.3. The van der Waals surface area contributed by atoms with Crippen LogP contribution in [0.1, 0.15) is 5.56 Å². The van der Waals surface area contributed by atoms with Crippen molar-refractivity contribution in [3.63, 3.8) is 0 Å². The number of carboxylic acids is 1. The molecule has 0 saturated carbocycles. The molecule has 0 aliphatic rings. The molecule has 1 heterocycles. The quantitative estimate of drug-likeness (QED) is 0.692. The topological polar surface area (TPSA) is 78.9 Å². The van der Waals surface area contributed by atoms with Crippen LogP contribution < -0.4 is 0 Å². The van der Waals surface area contributed by atoms with Gasteiger partial charge in [-0.3, -0.25) is 0 Å². The summed E-state index contributed by atoms with van der Waals surface area (Å²) in [6.45, 7) is 0. The summed E-state index contributed by atoms with van der Waals surface area (Å²) in [6.07, 6.45) is 2.57. The summed E-state index contributed by atoms with van der Waals surface area (Å²) in [4.78, 5) is 10.3. The summed E-state index contributed by atoms with van der Waals surface area (Å²) in [5.41, 5.74) is 2.13. The van der Waals surface area contributed by atoms with Crippen LogP contribution in [0.4, 0.5) is 0 Å². The molecule has 0 radical (unpaired) electrons. The van der Waals surface area contributed by atoms with Gasteiger partial charge in [0.2, 0.25) is 0 Å². The highest BCUT2D eigenvalue weighted by molar-refractivity contribution is 5.90. The Hall–Kier alpha value is -2.17. The first-order valence-corrected chi connectivity index (χ1v) is 3.98. The first kappa shape index (κ1) is 8.43. The van der Waals surface area contributed by atoms with Gasteiger partial charge in [-0.25, -0.2) is 4.79 Å². The van der Waals surface area contributed by atoms with Crippen molar-refractivity contribution in [2.45, 2.75) is 0 Å². The largest absolute Gasteiger partial charge is 0.478 e. The zero-order valence-corrected chi connectivity index (χ0v) is 7.14. The normalized spacial score (nSPS) is 11.1. The summed E-state index contributed by atoms with van der Waals surface area (Å²) in [5, 5.41) is 18.8. The number of aromatic amines is 1. The second-order valence-electron chi connectivity index (χ2n) is 2.71. The van der Waals surface area contributed by atoms with Gasteiger partial charge in [0.15, 0.2) is 0 Å². The SMILES string of the molecule is O=C(O)C=Cc1cccc2n[nH]nc12.